The maximum absolute atomic E-state index is 14.6. The number of carbonyl (C=O) groups excluding carboxylic acids is 2. The molecule has 5 nitrogen and oxygen atoms in total. The van der Waals surface area contributed by atoms with Crippen LogP contribution in [0.3, 0.4) is 0 Å². The molecule has 1 saturated heterocycles. The summed E-state index contributed by atoms with van der Waals surface area (Å²) >= 11 is 1.24. The number of hydrogen-bond acceptors (Lipinski definition) is 5. The molecule has 8 heteroatoms. The van der Waals surface area contributed by atoms with Gasteiger partial charge in [-0.3, -0.25) is 14.5 Å². The number of anilines is 1. The number of halogens is 2. The monoisotopic (exact) mass is 441 g/mol. The van der Waals surface area contributed by atoms with Crippen LogP contribution in [0.15, 0.2) is 59.5 Å². The topological polar surface area (TPSA) is 66.8 Å². The summed E-state index contributed by atoms with van der Waals surface area (Å²) in [6.07, 6.45) is 0. The molecular weight excluding hydrogens is 424 g/mol. The third-order valence-electron chi connectivity index (χ3n) is 5.04. The first-order valence-electron chi connectivity index (χ1n) is 9.28. The standard InChI is InChI=1S/C23H17F2NO4S/c1-12-5-8-17(30-2)14(10-12)21(27)19-20(18-4-3-9-31-18)26(23(29)22(19)28)16-7-6-13(24)11-15(16)25/h3-11,20,27H,1-2H3/b21-19-. The van der Waals surface area contributed by atoms with Gasteiger partial charge in [0.15, 0.2) is 0 Å². The molecule has 1 unspecified atom stereocenters. The molecule has 158 valence electrons. The number of carbonyl (C=O) groups is 2. The van der Waals surface area contributed by atoms with E-state index in [0.717, 1.165) is 22.6 Å². The van der Waals surface area contributed by atoms with Crippen molar-refractivity contribution in [2.75, 3.05) is 12.0 Å². The van der Waals surface area contributed by atoms with Crippen LogP contribution >= 0.6 is 11.3 Å². The zero-order valence-corrected chi connectivity index (χ0v) is 17.4. The number of nitrogens with zero attached hydrogens (tertiary/aromatic N) is 1. The number of amides is 1. The highest BCUT2D eigenvalue weighted by Crippen LogP contribution is 2.45. The zero-order chi connectivity index (χ0) is 22.3. The molecule has 1 aliphatic rings. The summed E-state index contributed by atoms with van der Waals surface area (Å²) in [6, 6.07) is 10.1. The van der Waals surface area contributed by atoms with Crippen molar-refractivity contribution >= 4 is 34.5 Å². The molecule has 31 heavy (non-hydrogen) atoms. The van der Waals surface area contributed by atoms with E-state index in [2.05, 4.69) is 0 Å². The average Bonchev–Trinajstić information content (AvgIpc) is 3.35. The lowest BCUT2D eigenvalue weighted by molar-refractivity contribution is -0.132. The second kappa shape index (κ2) is 7.96. The highest BCUT2D eigenvalue weighted by molar-refractivity contribution is 7.10. The zero-order valence-electron chi connectivity index (χ0n) is 16.6. The fourth-order valence-corrected chi connectivity index (χ4v) is 4.45. The Hall–Kier alpha value is -3.52. The molecule has 1 N–H and O–H groups in total. The van der Waals surface area contributed by atoms with E-state index in [1.54, 1.807) is 42.6 Å². The van der Waals surface area contributed by atoms with Gasteiger partial charge in [0.25, 0.3) is 11.7 Å². The van der Waals surface area contributed by atoms with Gasteiger partial charge in [-0.15, -0.1) is 11.3 Å². The van der Waals surface area contributed by atoms with E-state index in [1.807, 2.05) is 0 Å². The molecule has 1 aromatic heterocycles. The molecule has 1 amide bonds. The summed E-state index contributed by atoms with van der Waals surface area (Å²) in [5.74, 6) is -3.90. The van der Waals surface area contributed by atoms with Gasteiger partial charge in [0, 0.05) is 10.9 Å². The summed E-state index contributed by atoms with van der Waals surface area (Å²) in [4.78, 5) is 27.5. The van der Waals surface area contributed by atoms with Gasteiger partial charge in [-0.05, 0) is 42.6 Å². The van der Waals surface area contributed by atoms with Gasteiger partial charge in [0.1, 0.15) is 29.2 Å². The van der Waals surface area contributed by atoms with Gasteiger partial charge in [-0.1, -0.05) is 17.7 Å². The summed E-state index contributed by atoms with van der Waals surface area (Å²) in [5, 5.41) is 12.9. The van der Waals surface area contributed by atoms with Gasteiger partial charge in [-0.25, -0.2) is 8.78 Å². The first kappa shape index (κ1) is 20.7. The third kappa shape index (κ3) is 3.48. The first-order chi connectivity index (χ1) is 14.8. The van der Waals surface area contributed by atoms with Crippen molar-refractivity contribution in [1.29, 1.82) is 0 Å². The van der Waals surface area contributed by atoms with Crippen molar-refractivity contribution in [3.8, 4) is 5.75 Å². The van der Waals surface area contributed by atoms with Gasteiger partial charge in [-0.2, -0.15) is 0 Å². The lowest BCUT2D eigenvalue weighted by Crippen LogP contribution is -2.30. The molecule has 1 fully saturated rings. The predicted molar refractivity (Wildman–Crippen MR) is 113 cm³/mol. The van der Waals surface area contributed by atoms with Crippen molar-refractivity contribution in [3.63, 3.8) is 0 Å². The predicted octanol–water partition coefficient (Wildman–Crippen LogP) is 4.97. The molecule has 0 aliphatic carbocycles. The Labute approximate surface area is 180 Å². The molecule has 0 saturated carbocycles. The molecule has 3 aromatic rings. The van der Waals surface area contributed by atoms with E-state index in [9.17, 15) is 23.5 Å². The smallest absolute Gasteiger partial charge is 0.300 e. The maximum Gasteiger partial charge on any atom is 0.300 e. The Morgan fingerprint density at radius 1 is 1.13 bits per heavy atom. The molecule has 2 heterocycles. The van der Waals surface area contributed by atoms with E-state index in [0.29, 0.717) is 16.7 Å². The van der Waals surface area contributed by atoms with Crippen LogP contribution in [0.25, 0.3) is 5.76 Å². The molecule has 1 aliphatic heterocycles. The minimum Gasteiger partial charge on any atom is -0.507 e. The first-order valence-corrected chi connectivity index (χ1v) is 10.2. The average molecular weight is 441 g/mol. The molecule has 2 aromatic carbocycles. The van der Waals surface area contributed by atoms with E-state index in [4.69, 9.17) is 4.74 Å². The fraction of sp³-hybridized carbons (Fsp3) is 0.130. The number of aryl methyl sites for hydroxylation is 1. The number of thiophene rings is 1. The molecule has 4 rings (SSSR count). The molecule has 0 bridgehead atoms. The van der Waals surface area contributed by atoms with Crippen molar-refractivity contribution < 1.29 is 28.2 Å². The summed E-state index contributed by atoms with van der Waals surface area (Å²) < 4.78 is 33.4. The SMILES string of the molecule is COc1ccc(C)cc1/C(O)=C1/C(=O)C(=O)N(c2ccc(F)cc2F)C1c1cccs1. The summed E-state index contributed by atoms with van der Waals surface area (Å²) in [6.45, 7) is 1.81. The molecule has 0 spiro atoms. The molecule has 0 radical (unpaired) electrons. The van der Waals surface area contributed by atoms with Crippen LogP contribution in [0.5, 0.6) is 5.75 Å². The Balaban J connectivity index is 1.98. The van der Waals surface area contributed by atoms with Gasteiger partial charge in [0.05, 0.1) is 23.9 Å². The van der Waals surface area contributed by atoms with Crippen LogP contribution in [-0.2, 0) is 9.59 Å². The summed E-state index contributed by atoms with van der Waals surface area (Å²) in [7, 11) is 1.42. The number of aliphatic hydroxyl groups excluding tert-OH is 1. The third-order valence-corrected chi connectivity index (χ3v) is 5.96. The lowest BCUT2D eigenvalue weighted by Gasteiger charge is -2.24. The maximum atomic E-state index is 14.6. The summed E-state index contributed by atoms with van der Waals surface area (Å²) in [5.41, 5.74) is 0.590. The molecule has 1 atom stereocenters. The quantitative estimate of drug-likeness (QED) is 0.353. The number of ether oxygens (including phenoxy) is 1. The van der Waals surface area contributed by atoms with Crippen LogP contribution in [0.4, 0.5) is 14.5 Å². The van der Waals surface area contributed by atoms with Crippen molar-refractivity contribution in [2.45, 2.75) is 13.0 Å². The highest BCUT2D eigenvalue weighted by atomic mass is 32.1. The van der Waals surface area contributed by atoms with E-state index in [1.165, 1.54) is 18.4 Å². The van der Waals surface area contributed by atoms with Gasteiger partial charge < -0.3 is 9.84 Å². The van der Waals surface area contributed by atoms with Crippen LogP contribution < -0.4 is 9.64 Å². The fourth-order valence-electron chi connectivity index (χ4n) is 3.63. The lowest BCUT2D eigenvalue weighted by atomic mass is 9.98. The Morgan fingerprint density at radius 2 is 1.90 bits per heavy atom. The van der Waals surface area contributed by atoms with Crippen molar-refractivity contribution in [1.82, 2.24) is 0 Å². The van der Waals surface area contributed by atoms with Crippen molar-refractivity contribution in [3.05, 3.63) is 87.1 Å². The highest BCUT2D eigenvalue weighted by Gasteiger charge is 2.48. The largest absolute Gasteiger partial charge is 0.507 e. The normalized spacial score (nSPS) is 17.9. The Morgan fingerprint density at radius 3 is 2.55 bits per heavy atom. The van der Waals surface area contributed by atoms with E-state index >= 15 is 0 Å². The second-order valence-corrected chi connectivity index (χ2v) is 7.96. The minimum atomic E-state index is -1.08. The van der Waals surface area contributed by atoms with Crippen LogP contribution in [0, 0.1) is 18.6 Å². The van der Waals surface area contributed by atoms with Gasteiger partial charge >= 0.3 is 0 Å². The molecular formula is C23H17F2NO4S. The van der Waals surface area contributed by atoms with Crippen LogP contribution in [-0.4, -0.2) is 23.9 Å². The Bertz CT molecular complexity index is 1220. The number of methoxy groups -OCH3 is 1. The minimum absolute atomic E-state index is 0.194. The van der Waals surface area contributed by atoms with Crippen LogP contribution in [0.1, 0.15) is 22.0 Å². The van der Waals surface area contributed by atoms with Crippen LogP contribution in [0.2, 0.25) is 0 Å². The van der Waals surface area contributed by atoms with E-state index in [-0.39, 0.29) is 16.8 Å². The Kier molecular flexibility index (Phi) is 5.32. The number of Topliss-reactive ketones (excluding diaryl/α,β-unsaturated/α-hetero) is 1. The van der Waals surface area contributed by atoms with E-state index < -0.39 is 35.1 Å². The number of hydrogen-bond donors (Lipinski definition) is 1. The number of rotatable bonds is 4. The number of aliphatic hydroxyl groups is 1. The van der Waals surface area contributed by atoms with Crippen molar-refractivity contribution in [2.24, 2.45) is 0 Å². The number of ketones is 1. The number of benzene rings is 2. The second-order valence-electron chi connectivity index (χ2n) is 6.98. The van der Waals surface area contributed by atoms with Gasteiger partial charge in [0.2, 0.25) is 0 Å².